The maximum atomic E-state index is 7.18. The van der Waals surface area contributed by atoms with Crippen LogP contribution in [0.5, 0.6) is 0 Å². The van der Waals surface area contributed by atoms with Crippen molar-refractivity contribution in [2.45, 2.75) is 9.79 Å². The molecule has 0 aliphatic carbocycles. The van der Waals surface area contributed by atoms with Gasteiger partial charge in [0.2, 0.25) is 6.71 Å². The van der Waals surface area contributed by atoms with E-state index in [2.05, 4.69) is 295 Å². The molecule has 0 N–H and O–H groups in total. The molecule has 0 amide bonds. The largest absolute Gasteiger partial charge is 0.455 e. The van der Waals surface area contributed by atoms with Crippen LogP contribution in [0.3, 0.4) is 0 Å². The van der Waals surface area contributed by atoms with Gasteiger partial charge in [-0.25, -0.2) is 0 Å². The summed E-state index contributed by atoms with van der Waals surface area (Å²) in [5.74, 6) is 0. The fourth-order valence-electron chi connectivity index (χ4n) is 12.0. The summed E-state index contributed by atoms with van der Waals surface area (Å²) in [5.41, 5.74) is 23.6. The zero-order valence-corrected chi connectivity index (χ0v) is 42.7. The lowest BCUT2D eigenvalue weighted by molar-refractivity contribution is 0.671. The molecule has 0 fully saturated rings. The number of benzene rings is 12. The van der Waals surface area contributed by atoms with Gasteiger partial charge in [-0.2, -0.15) is 0 Å². The van der Waals surface area contributed by atoms with Gasteiger partial charge in [0.1, 0.15) is 11.2 Å². The molecular weight excluding hydrogens is 952 g/mol. The molecule has 0 saturated heterocycles. The normalized spacial score (nSPS) is 12.3. The lowest BCUT2D eigenvalue weighted by Gasteiger charge is -2.42. The van der Waals surface area contributed by atoms with Crippen molar-refractivity contribution >= 4 is 90.9 Å². The van der Waals surface area contributed by atoms with Crippen molar-refractivity contribution in [1.29, 1.82) is 0 Å². The Balaban J connectivity index is 0.986. The van der Waals surface area contributed by atoms with Gasteiger partial charge in [-0.15, -0.1) is 0 Å². The van der Waals surface area contributed by atoms with Crippen molar-refractivity contribution in [3.05, 3.63) is 285 Å². The van der Waals surface area contributed by atoms with Gasteiger partial charge < -0.3 is 14.2 Å². The quantitative estimate of drug-likeness (QED) is 0.134. The Bertz CT molecular complexity index is 4270. The van der Waals surface area contributed by atoms with E-state index in [-0.39, 0.29) is 6.71 Å². The molecular formula is C72H47BN2OS. The maximum absolute atomic E-state index is 7.18. The van der Waals surface area contributed by atoms with Crippen LogP contribution < -0.4 is 26.2 Å². The lowest BCUT2D eigenvalue weighted by atomic mass is 9.35. The topological polar surface area (TPSA) is 19.6 Å². The third kappa shape index (κ3) is 7.69. The predicted octanol–water partition coefficient (Wildman–Crippen LogP) is 18.2. The summed E-state index contributed by atoms with van der Waals surface area (Å²) >= 11 is 1.88. The van der Waals surface area contributed by atoms with Crippen LogP contribution >= 0.6 is 11.8 Å². The number of para-hydroxylation sites is 3. The molecule has 13 aromatic rings. The fraction of sp³-hybridized carbons (Fsp3) is 0. The van der Waals surface area contributed by atoms with Gasteiger partial charge >= 0.3 is 0 Å². The molecule has 0 unspecified atom stereocenters. The average Bonchev–Trinajstić information content (AvgIpc) is 4.01. The van der Waals surface area contributed by atoms with Gasteiger partial charge in [0, 0.05) is 65.7 Å². The molecule has 0 spiro atoms. The summed E-state index contributed by atoms with van der Waals surface area (Å²) in [7, 11) is 0. The van der Waals surface area contributed by atoms with Crippen LogP contribution in [0.15, 0.2) is 299 Å². The van der Waals surface area contributed by atoms with E-state index in [1.165, 1.54) is 54.0 Å². The van der Waals surface area contributed by atoms with E-state index in [4.69, 9.17) is 4.42 Å². The summed E-state index contributed by atoms with van der Waals surface area (Å²) in [6.45, 7) is -0.00582. The van der Waals surface area contributed by atoms with E-state index < -0.39 is 0 Å². The van der Waals surface area contributed by atoms with E-state index >= 15 is 0 Å². The molecule has 2 aliphatic heterocycles. The second-order valence-electron chi connectivity index (χ2n) is 19.9. The summed E-state index contributed by atoms with van der Waals surface area (Å²) < 4.78 is 7.18. The second-order valence-corrected chi connectivity index (χ2v) is 21.0. The first-order valence-electron chi connectivity index (χ1n) is 26.3. The minimum absolute atomic E-state index is 0.00582. The third-order valence-electron chi connectivity index (χ3n) is 15.5. The number of nitrogens with zero attached hydrogens (tertiary/aromatic N) is 2. The molecule has 3 heterocycles. The van der Waals surface area contributed by atoms with Gasteiger partial charge in [-0.3, -0.25) is 0 Å². The van der Waals surface area contributed by atoms with Crippen LogP contribution in [0.2, 0.25) is 0 Å². The van der Waals surface area contributed by atoms with E-state index in [0.717, 1.165) is 83.9 Å². The first kappa shape index (κ1) is 44.9. The molecule has 360 valence electrons. The zero-order chi connectivity index (χ0) is 50.8. The molecule has 77 heavy (non-hydrogen) atoms. The van der Waals surface area contributed by atoms with E-state index in [1.807, 2.05) is 11.8 Å². The van der Waals surface area contributed by atoms with Crippen molar-refractivity contribution in [2.75, 3.05) is 9.80 Å². The Kier molecular flexibility index (Phi) is 10.9. The van der Waals surface area contributed by atoms with Gasteiger partial charge in [-0.05, 0) is 104 Å². The molecule has 3 nitrogen and oxygen atoms in total. The van der Waals surface area contributed by atoms with Crippen LogP contribution in [0.1, 0.15) is 0 Å². The van der Waals surface area contributed by atoms with Crippen molar-refractivity contribution in [3.63, 3.8) is 0 Å². The lowest BCUT2D eigenvalue weighted by Crippen LogP contribution is -2.59. The number of rotatable bonds is 9. The van der Waals surface area contributed by atoms with Crippen molar-refractivity contribution in [3.8, 4) is 55.6 Å². The summed E-state index contributed by atoms with van der Waals surface area (Å²) in [6, 6.07) is 104. The van der Waals surface area contributed by atoms with Crippen molar-refractivity contribution in [1.82, 2.24) is 0 Å². The van der Waals surface area contributed by atoms with Crippen LogP contribution in [0.25, 0.3) is 77.6 Å². The molecule has 0 bridgehead atoms. The fourth-order valence-corrected chi connectivity index (χ4v) is 13.2. The summed E-state index contributed by atoms with van der Waals surface area (Å²) in [5, 5.41) is 2.20. The molecule has 15 rings (SSSR count). The Hall–Kier alpha value is -9.55. The number of fused-ring (bicyclic) bond motifs is 7. The number of hydrogen-bond acceptors (Lipinski definition) is 4. The molecule has 2 aliphatic rings. The highest BCUT2D eigenvalue weighted by Gasteiger charge is 2.42. The van der Waals surface area contributed by atoms with Crippen LogP contribution in [0.4, 0.5) is 34.1 Å². The van der Waals surface area contributed by atoms with E-state index in [0.29, 0.717) is 0 Å². The summed E-state index contributed by atoms with van der Waals surface area (Å²) in [6.07, 6.45) is 0. The molecule has 0 radical (unpaired) electrons. The first-order chi connectivity index (χ1) is 38.2. The van der Waals surface area contributed by atoms with Gasteiger partial charge in [0.05, 0.1) is 5.69 Å². The molecule has 12 aromatic carbocycles. The highest BCUT2D eigenvalue weighted by molar-refractivity contribution is 8.00. The molecule has 0 saturated carbocycles. The van der Waals surface area contributed by atoms with E-state index in [1.54, 1.807) is 0 Å². The molecule has 5 heteroatoms. The Labute approximate surface area is 453 Å². The smallest absolute Gasteiger partial charge is 0.249 e. The number of anilines is 6. The van der Waals surface area contributed by atoms with Gasteiger partial charge in [0.25, 0.3) is 0 Å². The van der Waals surface area contributed by atoms with Crippen LogP contribution in [-0.2, 0) is 0 Å². The minimum Gasteiger partial charge on any atom is -0.455 e. The van der Waals surface area contributed by atoms with Gasteiger partial charge in [-0.1, -0.05) is 248 Å². The second kappa shape index (κ2) is 18.7. The van der Waals surface area contributed by atoms with Crippen molar-refractivity contribution < 1.29 is 4.42 Å². The Morgan fingerprint density at radius 1 is 0.312 bits per heavy atom. The first-order valence-corrected chi connectivity index (χ1v) is 27.2. The highest BCUT2D eigenvalue weighted by Crippen LogP contribution is 2.50. The highest BCUT2D eigenvalue weighted by atomic mass is 32.2. The molecule has 1 aromatic heterocycles. The monoisotopic (exact) mass is 998 g/mol. The summed E-state index contributed by atoms with van der Waals surface area (Å²) in [4.78, 5) is 7.52. The predicted molar refractivity (Wildman–Crippen MR) is 325 cm³/mol. The minimum atomic E-state index is -0.00582. The standard InChI is InChI=1S/C72H47BN2OS/c1-5-19-48(20-6-1)51-35-40-55(41-36-51)74(56-42-37-52(38-43-56)49-21-7-2-8-22-49)57-46-67-70-69(47-57)77-68-34-16-14-32-64(68)73(70)63-44-39-54(50-23-9-3-10-24-50)45-66(63)75(67)65-33-15-13-27-59(65)60-29-18-31-62-61-30-17-28-58(71(61)76-72(60)62)53-25-11-4-12-26-53/h1-47H. The maximum Gasteiger partial charge on any atom is 0.249 e. The van der Waals surface area contributed by atoms with Crippen LogP contribution in [0, 0.1) is 0 Å². The van der Waals surface area contributed by atoms with Crippen LogP contribution in [-0.4, -0.2) is 6.71 Å². The van der Waals surface area contributed by atoms with E-state index in [9.17, 15) is 0 Å². The number of furan rings is 1. The Morgan fingerprint density at radius 3 is 1.44 bits per heavy atom. The van der Waals surface area contributed by atoms with Crippen molar-refractivity contribution in [2.24, 2.45) is 0 Å². The Morgan fingerprint density at radius 2 is 0.805 bits per heavy atom. The molecule has 0 atom stereocenters. The third-order valence-corrected chi connectivity index (χ3v) is 16.7. The van der Waals surface area contributed by atoms with Gasteiger partial charge in [0.15, 0.2) is 0 Å². The average molecular weight is 999 g/mol. The number of hydrogen-bond donors (Lipinski definition) is 0. The SMILES string of the molecule is c1ccc(-c2ccc(N(c3ccc(-c4ccccc4)cc3)c3cc4c5c(c3)N(c3ccccc3-c3cccc6c3oc3c(-c7ccccc7)cccc36)c3cc(-c6ccccc6)ccc3B5c3ccccc3S4)cc2)cc1. The zero-order valence-electron chi connectivity index (χ0n) is 41.9.